The molecular formula is C19H20FN7O. The number of nitrogens with one attached hydrogen (secondary N) is 1. The zero-order valence-electron chi connectivity index (χ0n) is 15.4. The van der Waals surface area contributed by atoms with Gasteiger partial charge in [-0.2, -0.15) is 5.10 Å². The fourth-order valence-electron chi connectivity index (χ4n) is 3.05. The van der Waals surface area contributed by atoms with Crippen LogP contribution in [0.25, 0.3) is 5.82 Å². The van der Waals surface area contributed by atoms with E-state index < -0.39 is 0 Å². The standard InChI is InChI=1S/C19H20FN7O/c1-14-3-4-15(11-16(14)20)24-19(28)26-9-7-25(8-10-26)17-12-18(22-13-21-17)27-6-2-5-23-27/h2-6,11-13H,7-10H2,1H3,(H,24,28). The van der Waals surface area contributed by atoms with Crippen LogP contribution in [0.2, 0.25) is 0 Å². The number of aryl methyl sites for hydroxylation is 1. The van der Waals surface area contributed by atoms with Crippen molar-refractivity contribution in [3.8, 4) is 5.82 Å². The van der Waals surface area contributed by atoms with E-state index in [1.807, 2.05) is 18.3 Å². The van der Waals surface area contributed by atoms with Crippen LogP contribution >= 0.6 is 0 Å². The Kier molecular flexibility index (Phi) is 4.88. The van der Waals surface area contributed by atoms with Crippen LogP contribution in [0.1, 0.15) is 5.56 Å². The molecule has 0 spiro atoms. The fraction of sp³-hybridized carbons (Fsp3) is 0.263. The van der Waals surface area contributed by atoms with Gasteiger partial charge in [-0.3, -0.25) is 0 Å². The number of hydrogen-bond donors (Lipinski definition) is 1. The second kappa shape index (κ2) is 7.63. The number of urea groups is 1. The van der Waals surface area contributed by atoms with Crippen LogP contribution in [0.3, 0.4) is 0 Å². The summed E-state index contributed by atoms with van der Waals surface area (Å²) in [4.78, 5) is 24.8. The summed E-state index contributed by atoms with van der Waals surface area (Å²) in [6.45, 7) is 4.06. The van der Waals surface area contributed by atoms with Crippen LogP contribution in [0.4, 0.5) is 20.7 Å². The number of aromatic nitrogens is 4. The summed E-state index contributed by atoms with van der Waals surface area (Å²) in [7, 11) is 0. The first-order chi connectivity index (χ1) is 13.6. The number of carbonyl (C=O) groups excluding carboxylic acids is 1. The predicted molar refractivity (Wildman–Crippen MR) is 103 cm³/mol. The molecule has 0 unspecified atom stereocenters. The lowest BCUT2D eigenvalue weighted by Gasteiger charge is -2.35. The third-order valence-electron chi connectivity index (χ3n) is 4.69. The summed E-state index contributed by atoms with van der Waals surface area (Å²) in [5, 5.41) is 6.93. The maximum Gasteiger partial charge on any atom is 0.321 e. The van der Waals surface area contributed by atoms with Crippen LogP contribution in [0.5, 0.6) is 0 Å². The molecule has 3 heterocycles. The van der Waals surface area contributed by atoms with Gasteiger partial charge >= 0.3 is 6.03 Å². The molecule has 0 radical (unpaired) electrons. The number of piperazine rings is 1. The summed E-state index contributed by atoms with van der Waals surface area (Å²) in [5.74, 6) is 1.15. The van der Waals surface area contributed by atoms with Crippen LogP contribution in [0, 0.1) is 12.7 Å². The lowest BCUT2D eigenvalue weighted by Crippen LogP contribution is -2.50. The Bertz CT molecular complexity index is 968. The number of halogens is 1. The summed E-state index contributed by atoms with van der Waals surface area (Å²) >= 11 is 0. The van der Waals surface area contributed by atoms with E-state index in [9.17, 15) is 9.18 Å². The molecule has 0 aliphatic carbocycles. The zero-order chi connectivity index (χ0) is 19.5. The molecule has 2 amide bonds. The van der Waals surface area contributed by atoms with Crippen LogP contribution in [-0.4, -0.2) is 56.9 Å². The molecule has 9 heteroatoms. The molecule has 1 aromatic carbocycles. The monoisotopic (exact) mass is 381 g/mol. The van der Waals surface area contributed by atoms with E-state index in [-0.39, 0.29) is 11.8 Å². The first-order valence-corrected chi connectivity index (χ1v) is 8.99. The molecule has 144 valence electrons. The van der Waals surface area contributed by atoms with Crippen molar-refractivity contribution in [3.05, 3.63) is 60.4 Å². The number of rotatable bonds is 3. The molecule has 1 N–H and O–H groups in total. The largest absolute Gasteiger partial charge is 0.353 e. The van der Waals surface area contributed by atoms with E-state index in [4.69, 9.17) is 0 Å². The lowest BCUT2D eigenvalue weighted by molar-refractivity contribution is 0.208. The van der Waals surface area contributed by atoms with Gasteiger partial charge < -0.3 is 15.1 Å². The van der Waals surface area contributed by atoms with Crippen molar-refractivity contribution < 1.29 is 9.18 Å². The van der Waals surface area contributed by atoms with E-state index in [1.165, 1.54) is 12.4 Å². The summed E-state index contributed by atoms with van der Waals surface area (Å²) in [5.41, 5.74) is 1.00. The van der Waals surface area contributed by atoms with Gasteiger partial charge in [0, 0.05) is 50.3 Å². The normalized spacial score (nSPS) is 14.2. The Hall–Kier alpha value is -3.49. The SMILES string of the molecule is Cc1ccc(NC(=O)N2CCN(c3cc(-n4cccn4)ncn3)CC2)cc1F. The van der Waals surface area contributed by atoms with E-state index in [0.29, 0.717) is 43.2 Å². The second-order valence-electron chi connectivity index (χ2n) is 6.55. The van der Waals surface area contributed by atoms with Crippen LogP contribution in [-0.2, 0) is 0 Å². The molecule has 2 aromatic heterocycles. The Morgan fingerprint density at radius 2 is 1.89 bits per heavy atom. The molecule has 1 saturated heterocycles. The third kappa shape index (κ3) is 3.78. The van der Waals surface area contributed by atoms with Crippen molar-refractivity contribution in [1.29, 1.82) is 0 Å². The fourth-order valence-corrected chi connectivity index (χ4v) is 3.05. The smallest absolute Gasteiger partial charge is 0.321 e. The lowest BCUT2D eigenvalue weighted by atomic mass is 10.2. The first-order valence-electron chi connectivity index (χ1n) is 8.99. The molecule has 3 aromatic rings. The molecule has 1 fully saturated rings. The van der Waals surface area contributed by atoms with Crippen molar-refractivity contribution in [2.75, 3.05) is 36.4 Å². The summed E-state index contributed by atoms with van der Waals surface area (Å²) in [6.07, 6.45) is 5.03. The quantitative estimate of drug-likeness (QED) is 0.754. The number of carbonyl (C=O) groups is 1. The van der Waals surface area contributed by atoms with Crippen molar-refractivity contribution in [1.82, 2.24) is 24.6 Å². The van der Waals surface area contributed by atoms with Gasteiger partial charge in [0.25, 0.3) is 0 Å². The van der Waals surface area contributed by atoms with E-state index in [2.05, 4.69) is 25.3 Å². The van der Waals surface area contributed by atoms with E-state index in [1.54, 1.807) is 34.8 Å². The van der Waals surface area contributed by atoms with Crippen molar-refractivity contribution in [2.45, 2.75) is 6.92 Å². The van der Waals surface area contributed by atoms with Crippen molar-refractivity contribution >= 4 is 17.5 Å². The highest BCUT2D eigenvalue weighted by Crippen LogP contribution is 2.17. The van der Waals surface area contributed by atoms with Crippen molar-refractivity contribution in [3.63, 3.8) is 0 Å². The molecule has 28 heavy (non-hydrogen) atoms. The van der Waals surface area contributed by atoms with Gasteiger partial charge in [-0.05, 0) is 30.7 Å². The highest BCUT2D eigenvalue weighted by molar-refractivity contribution is 5.89. The molecule has 8 nitrogen and oxygen atoms in total. The predicted octanol–water partition coefficient (Wildman–Crippen LogP) is 2.46. The van der Waals surface area contributed by atoms with Gasteiger partial charge in [0.05, 0.1) is 0 Å². The van der Waals surface area contributed by atoms with Gasteiger partial charge in [-0.25, -0.2) is 23.8 Å². The van der Waals surface area contributed by atoms with E-state index in [0.717, 1.165) is 5.82 Å². The molecule has 1 aliphatic heterocycles. The Balaban J connectivity index is 1.37. The third-order valence-corrected chi connectivity index (χ3v) is 4.69. The van der Waals surface area contributed by atoms with Gasteiger partial charge in [-0.15, -0.1) is 0 Å². The number of hydrogen-bond acceptors (Lipinski definition) is 5. The average Bonchev–Trinajstić information content (AvgIpc) is 3.26. The molecule has 1 aliphatic rings. The Morgan fingerprint density at radius 1 is 1.11 bits per heavy atom. The highest BCUT2D eigenvalue weighted by atomic mass is 19.1. The summed E-state index contributed by atoms with van der Waals surface area (Å²) in [6, 6.07) is 8.15. The van der Waals surface area contributed by atoms with Gasteiger partial charge in [-0.1, -0.05) is 6.07 Å². The minimum absolute atomic E-state index is 0.233. The maximum absolute atomic E-state index is 13.7. The van der Waals surface area contributed by atoms with Crippen molar-refractivity contribution in [2.24, 2.45) is 0 Å². The topological polar surface area (TPSA) is 79.2 Å². The second-order valence-corrected chi connectivity index (χ2v) is 6.55. The van der Waals surface area contributed by atoms with E-state index >= 15 is 0 Å². The minimum atomic E-state index is -0.334. The van der Waals surface area contributed by atoms with Crippen LogP contribution in [0.15, 0.2) is 49.1 Å². The number of benzene rings is 1. The molecule has 0 bridgehead atoms. The van der Waals surface area contributed by atoms with Gasteiger partial charge in [0.2, 0.25) is 0 Å². The molecule has 0 saturated carbocycles. The maximum atomic E-state index is 13.7. The van der Waals surface area contributed by atoms with Crippen LogP contribution < -0.4 is 10.2 Å². The first kappa shape index (κ1) is 17.9. The van der Waals surface area contributed by atoms with Gasteiger partial charge in [0.15, 0.2) is 5.82 Å². The molecule has 4 rings (SSSR count). The number of anilines is 2. The Labute approximate surface area is 161 Å². The average molecular weight is 381 g/mol. The molecular weight excluding hydrogens is 361 g/mol. The summed E-state index contributed by atoms with van der Waals surface area (Å²) < 4.78 is 15.3. The zero-order valence-corrected chi connectivity index (χ0v) is 15.4. The van der Waals surface area contributed by atoms with Gasteiger partial charge in [0.1, 0.15) is 18.0 Å². The Morgan fingerprint density at radius 3 is 2.61 bits per heavy atom. The minimum Gasteiger partial charge on any atom is -0.353 e. The number of amides is 2. The highest BCUT2D eigenvalue weighted by Gasteiger charge is 2.22. The molecule has 0 atom stereocenters. The number of nitrogens with zero attached hydrogens (tertiary/aromatic N) is 6.